The van der Waals surface area contributed by atoms with Gasteiger partial charge in [-0.1, -0.05) is 69.9 Å². The van der Waals surface area contributed by atoms with E-state index in [1.807, 2.05) is 36.6 Å². The zero-order chi connectivity index (χ0) is 48.6. The van der Waals surface area contributed by atoms with E-state index in [0.717, 1.165) is 51.9 Å². The highest BCUT2D eigenvalue weighted by Gasteiger charge is 2.38. The first-order valence-corrected chi connectivity index (χ1v) is 24.2. The van der Waals surface area contributed by atoms with Gasteiger partial charge in [0, 0.05) is 38.5 Å². The summed E-state index contributed by atoms with van der Waals surface area (Å²) in [6, 6.07) is 3.45. The van der Waals surface area contributed by atoms with E-state index in [1.54, 1.807) is 12.5 Å². The third kappa shape index (κ3) is 20.0. The molecule has 21 nitrogen and oxygen atoms in total. The van der Waals surface area contributed by atoms with Gasteiger partial charge in [0.25, 0.3) is 0 Å². The fraction of sp³-hybridized carbons (Fsp3) is 0.659. The topological polar surface area (TPSA) is 303 Å². The van der Waals surface area contributed by atoms with Gasteiger partial charge in [0.2, 0.25) is 35.4 Å². The van der Waals surface area contributed by atoms with E-state index >= 15 is 0 Å². The maximum atomic E-state index is 14.2. The van der Waals surface area contributed by atoms with Gasteiger partial charge in [-0.05, 0) is 56.9 Å². The molecule has 0 aliphatic carbocycles. The zero-order valence-electron chi connectivity index (χ0n) is 38.6. The second kappa shape index (κ2) is 29.1. The summed E-state index contributed by atoms with van der Waals surface area (Å²) in [5.74, 6) is -4.92. The number of hydrogen-bond donors (Lipinski definition) is 8. The highest BCUT2D eigenvalue weighted by molar-refractivity contribution is 7.46. The van der Waals surface area contributed by atoms with Crippen molar-refractivity contribution in [3.8, 4) is 0 Å². The molecule has 1 aliphatic heterocycles. The number of benzene rings is 1. The smallest absolute Gasteiger partial charge is 0.394 e. The van der Waals surface area contributed by atoms with Gasteiger partial charge in [-0.15, -0.1) is 0 Å². The Morgan fingerprint density at radius 2 is 1.52 bits per heavy atom. The van der Waals surface area contributed by atoms with Crippen LogP contribution in [0.3, 0.4) is 0 Å². The monoisotopic (exact) mass is 950 g/mol. The quantitative estimate of drug-likeness (QED) is 0.0375. The Labute approximate surface area is 386 Å². The number of ether oxygens (including phenoxy) is 2. The second-order valence-electron chi connectivity index (χ2n) is 16.9. The Kier molecular flexibility index (Phi) is 24.5. The van der Waals surface area contributed by atoms with Gasteiger partial charge < -0.3 is 60.8 Å². The molecule has 1 aromatic carbocycles. The molecular formula is C44H71N8O13P. The molecule has 22 heteroatoms. The molecule has 0 radical (unpaired) electrons. The molecule has 1 saturated heterocycles. The molecule has 370 valence electrons. The van der Waals surface area contributed by atoms with E-state index in [4.69, 9.17) is 15.2 Å². The summed E-state index contributed by atoms with van der Waals surface area (Å²) < 4.78 is 28.2. The van der Waals surface area contributed by atoms with E-state index in [1.165, 1.54) is 17.6 Å². The van der Waals surface area contributed by atoms with Crippen LogP contribution >= 0.6 is 7.82 Å². The second-order valence-corrected chi connectivity index (χ2v) is 18.1. The van der Waals surface area contributed by atoms with Gasteiger partial charge in [-0.3, -0.25) is 33.3 Å². The number of aryl methyl sites for hydroxylation is 2. The van der Waals surface area contributed by atoms with Crippen LogP contribution in [0.4, 0.5) is 0 Å². The maximum Gasteiger partial charge on any atom is 0.469 e. The SMILES string of the molecule is COCCOCCC(=O)N1CCC[C@H]1C(=O)N[C@@H](CC(C)C)C(=O)N[C@@H](Cc1cncn1CCCCCCCCc1ccccc1)C(=O)N[C@@H](CO)C(=O)N[C@H](C(N)=O)[C@@H](C)OP(=O)(O)O. The molecule has 0 bridgehead atoms. The molecule has 1 aromatic heterocycles. The first kappa shape index (κ1) is 55.6. The molecule has 2 aromatic rings. The van der Waals surface area contributed by atoms with E-state index in [9.17, 15) is 48.2 Å². The normalized spacial score (nSPS) is 16.2. The van der Waals surface area contributed by atoms with Crippen molar-refractivity contribution in [2.75, 3.05) is 40.1 Å². The molecule has 1 fully saturated rings. The number of carbonyl (C=O) groups excluding carboxylic acids is 6. The van der Waals surface area contributed by atoms with E-state index in [0.29, 0.717) is 44.8 Å². The fourth-order valence-corrected chi connectivity index (χ4v) is 8.20. The highest BCUT2D eigenvalue weighted by Crippen LogP contribution is 2.38. The summed E-state index contributed by atoms with van der Waals surface area (Å²) in [7, 11) is -3.58. The lowest BCUT2D eigenvalue weighted by Crippen LogP contribution is -2.61. The number of nitrogens with one attached hydrogen (secondary N) is 4. The van der Waals surface area contributed by atoms with Gasteiger partial charge >= 0.3 is 7.82 Å². The van der Waals surface area contributed by atoms with Crippen molar-refractivity contribution in [1.29, 1.82) is 0 Å². The summed E-state index contributed by atoms with van der Waals surface area (Å²) in [6.07, 6.45) is 9.72. The van der Waals surface area contributed by atoms with Crippen LogP contribution in [0.1, 0.15) is 96.2 Å². The van der Waals surface area contributed by atoms with Gasteiger partial charge in [0.1, 0.15) is 30.2 Å². The molecule has 3 rings (SSSR count). The molecule has 1 aliphatic rings. The van der Waals surface area contributed by atoms with Crippen molar-refractivity contribution in [2.45, 2.75) is 141 Å². The zero-order valence-corrected chi connectivity index (χ0v) is 39.5. The highest BCUT2D eigenvalue weighted by atomic mass is 31.2. The van der Waals surface area contributed by atoms with Crippen molar-refractivity contribution < 1.29 is 62.2 Å². The number of hydrogen-bond acceptors (Lipinski definition) is 12. The summed E-state index contributed by atoms with van der Waals surface area (Å²) in [5.41, 5.74) is 7.26. The minimum Gasteiger partial charge on any atom is -0.394 e. The Hall–Kier alpha value is -4.76. The number of imidazole rings is 1. The third-order valence-electron chi connectivity index (χ3n) is 11.1. The first-order chi connectivity index (χ1) is 31.4. The molecule has 0 unspecified atom stereocenters. The Balaban J connectivity index is 1.77. The van der Waals surface area contributed by atoms with Crippen molar-refractivity contribution in [3.63, 3.8) is 0 Å². The molecule has 66 heavy (non-hydrogen) atoms. The van der Waals surface area contributed by atoms with Crippen LogP contribution in [-0.4, -0.2) is 141 Å². The Morgan fingerprint density at radius 3 is 2.17 bits per heavy atom. The summed E-state index contributed by atoms with van der Waals surface area (Å²) >= 11 is 0. The molecule has 6 amide bonds. The lowest BCUT2D eigenvalue weighted by Gasteiger charge is -2.29. The molecular weight excluding hydrogens is 880 g/mol. The Bertz CT molecular complexity index is 1880. The van der Waals surface area contributed by atoms with Gasteiger partial charge in [0.05, 0.1) is 45.3 Å². The van der Waals surface area contributed by atoms with E-state index in [2.05, 4.69) is 42.9 Å². The predicted molar refractivity (Wildman–Crippen MR) is 242 cm³/mol. The minimum absolute atomic E-state index is 0.0578. The van der Waals surface area contributed by atoms with Crippen LogP contribution in [0.25, 0.3) is 0 Å². The first-order valence-electron chi connectivity index (χ1n) is 22.7. The van der Waals surface area contributed by atoms with Crippen LogP contribution in [-0.2, 0) is 66.7 Å². The number of rotatable bonds is 32. The number of nitrogens with two attached hydrogens (primary N) is 1. The van der Waals surface area contributed by atoms with Gasteiger partial charge in [-0.2, -0.15) is 0 Å². The predicted octanol–water partition coefficient (Wildman–Crippen LogP) is 1.01. The number of aliphatic hydroxyl groups excluding tert-OH is 1. The van der Waals surface area contributed by atoms with Crippen LogP contribution in [0.2, 0.25) is 0 Å². The minimum atomic E-state index is -5.12. The third-order valence-corrected chi connectivity index (χ3v) is 11.7. The number of carbonyl (C=O) groups is 6. The summed E-state index contributed by atoms with van der Waals surface area (Å²) in [6.45, 7) is 5.55. The standard InChI is InChI=1S/C44H71N8O13P/c1-30(2)25-34(48-44(59)37-18-14-21-52(37)38(54)19-22-64-24-23-63-4)41(56)47-35(42(57)49-36(28-53)43(58)50-39(40(45)55)31(3)65-66(60,61)62)26-33-27-46-29-51(33)20-13-8-6-5-7-10-15-32-16-11-9-12-17-32/h9,11-12,16-17,27,29-31,34-37,39,53H,5-8,10,13-15,18-26,28H2,1-4H3,(H2,45,55)(H,47,56)(H,48,59)(H,49,57)(H,50,58)(H2,60,61,62)/t31-,34+,35+,36+,37+,39+/m1/s1. The number of aliphatic hydroxyl groups is 1. The number of nitrogens with zero attached hydrogens (tertiary/aromatic N) is 3. The van der Waals surface area contributed by atoms with Crippen LogP contribution in [0.5, 0.6) is 0 Å². The summed E-state index contributed by atoms with van der Waals surface area (Å²) in [5, 5.41) is 20.3. The lowest BCUT2D eigenvalue weighted by molar-refractivity contribution is -0.140. The van der Waals surface area contributed by atoms with E-state index in [-0.39, 0.29) is 37.7 Å². The number of unbranched alkanes of at least 4 members (excludes halogenated alkanes) is 5. The summed E-state index contributed by atoms with van der Waals surface area (Å²) in [4.78, 5) is 105. The molecule has 6 atom stereocenters. The molecule has 0 spiro atoms. The molecule has 0 saturated carbocycles. The van der Waals surface area contributed by atoms with Crippen LogP contribution in [0.15, 0.2) is 42.9 Å². The van der Waals surface area contributed by atoms with Gasteiger partial charge in [0.15, 0.2) is 0 Å². The van der Waals surface area contributed by atoms with Crippen molar-refractivity contribution >= 4 is 43.3 Å². The number of likely N-dealkylation sites (tertiary alicyclic amines) is 1. The van der Waals surface area contributed by atoms with Crippen LogP contribution in [0, 0.1) is 5.92 Å². The average molecular weight is 951 g/mol. The van der Waals surface area contributed by atoms with Gasteiger partial charge in [-0.25, -0.2) is 9.55 Å². The number of amides is 6. The van der Waals surface area contributed by atoms with Crippen molar-refractivity contribution in [2.24, 2.45) is 11.7 Å². The fourth-order valence-electron chi connectivity index (χ4n) is 7.65. The molecule has 2 heterocycles. The van der Waals surface area contributed by atoms with Crippen molar-refractivity contribution in [3.05, 3.63) is 54.1 Å². The number of aromatic nitrogens is 2. The largest absolute Gasteiger partial charge is 0.469 e. The van der Waals surface area contributed by atoms with E-state index < -0.39 is 80.3 Å². The maximum absolute atomic E-state index is 14.2. The number of primary amides is 1. The van der Waals surface area contributed by atoms with Crippen molar-refractivity contribution in [1.82, 2.24) is 35.7 Å². The lowest BCUT2D eigenvalue weighted by atomic mass is 10.0. The average Bonchev–Trinajstić information content (AvgIpc) is 3.94. The number of phosphoric ester groups is 1. The number of methoxy groups -OCH3 is 1. The molecule has 9 N–H and O–H groups in total. The Morgan fingerprint density at radius 1 is 0.864 bits per heavy atom. The number of phosphoric acid groups is 1. The van der Waals surface area contributed by atoms with Crippen LogP contribution < -0.4 is 27.0 Å².